The summed E-state index contributed by atoms with van der Waals surface area (Å²) in [6, 6.07) is 12.5. The van der Waals surface area contributed by atoms with Crippen LogP contribution in [0.2, 0.25) is 0 Å². The van der Waals surface area contributed by atoms with E-state index in [0.29, 0.717) is 17.9 Å². The first-order chi connectivity index (χ1) is 13.5. The van der Waals surface area contributed by atoms with E-state index in [9.17, 15) is 9.59 Å². The number of rotatable bonds is 12. The van der Waals surface area contributed by atoms with Gasteiger partial charge in [-0.25, -0.2) is 9.59 Å². The maximum Gasteiger partial charge on any atom is 0.335 e. The Morgan fingerprint density at radius 2 is 1.32 bits per heavy atom. The Kier molecular flexibility index (Phi) is 8.34. The van der Waals surface area contributed by atoms with Crippen molar-refractivity contribution in [2.45, 2.75) is 51.7 Å². The topological polar surface area (TPSA) is 93.1 Å². The lowest BCUT2D eigenvalue weighted by Crippen LogP contribution is -2.24. The first kappa shape index (κ1) is 21.3. The average molecular weight is 386 g/mol. The molecule has 0 fully saturated rings. The molecule has 2 N–H and O–H groups in total. The lowest BCUT2D eigenvalue weighted by Gasteiger charge is -2.21. The molecule has 0 radical (unpaired) electrons. The number of benzene rings is 2. The first-order valence-electron chi connectivity index (χ1n) is 9.49. The molecule has 2 aromatic carbocycles. The molecule has 2 aromatic rings. The first-order valence-corrected chi connectivity index (χ1v) is 9.49. The quantitative estimate of drug-likeness (QED) is 0.383. The van der Waals surface area contributed by atoms with Crippen LogP contribution in [-0.2, 0) is 0 Å². The molecule has 0 amide bonds. The fourth-order valence-corrected chi connectivity index (χ4v) is 2.76. The van der Waals surface area contributed by atoms with Crippen molar-refractivity contribution in [2.75, 3.05) is 0 Å². The van der Waals surface area contributed by atoms with Gasteiger partial charge >= 0.3 is 11.9 Å². The molecule has 2 rings (SSSR count). The van der Waals surface area contributed by atoms with E-state index in [4.69, 9.17) is 19.7 Å². The SMILES string of the molecule is CCCCCCCC(Oc1cccc(C(=O)O)c1)Oc1cccc(C(=O)O)c1. The minimum Gasteiger partial charge on any atom is -0.478 e. The molecule has 0 aromatic heterocycles. The number of unbranched alkanes of at least 4 members (excludes halogenated alkanes) is 4. The van der Waals surface area contributed by atoms with Crippen molar-refractivity contribution >= 4 is 11.9 Å². The minimum atomic E-state index is -1.03. The second kappa shape index (κ2) is 11.0. The van der Waals surface area contributed by atoms with Crippen molar-refractivity contribution in [1.82, 2.24) is 0 Å². The van der Waals surface area contributed by atoms with Crippen LogP contribution >= 0.6 is 0 Å². The van der Waals surface area contributed by atoms with Crippen molar-refractivity contribution in [3.05, 3.63) is 59.7 Å². The van der Waals surface area contributed by atoms with Gasteiger partial charge in [0.25, 0.3) is 0 Å². The van der Waals surface area contributed by atoms with Crippen LogP contribution in [-0.4, -0.2) is 28.4 Å². The van der Waals surface area contributed by atoms with Gasteiger partial charge in [-0.2, -0.15) is 0 Å². The Bertz CT molecular complexity index is 727. The minimum absolute atomic E-state index is 0.132. The van der Waals surface area contributed by atoms with Crippen molar-refractivity contribution < 1.29 is 29.3 Å². The van der Waals surface area contributed by atoms with Gasteiger partial charge in [0.05, 0.1) is 11.1 Å². The van der Waals surface area contributed by atoms with E-state index in [0.717, 1.165) is 25.7 Å². The molecular formula is C22H26O6. The number of aromatic carboxylic acids is 2. The third-order valence-electron chi connectivity index (χ3n) is 4.24. The van der Waals surface area contributed by atoms with Gasteiger partial charge < -0.3 is 19.7 Å². The van der Waals surface area contributed by atoms with Gasteiger partial charge in [-0.3, -0.25) is 0 Å². The van der Waals surface area contributed by atoms with E-state index in [-0.39, 0.29) is 11.1 Å². The number of carbonyl (C=O) groups is 2. The highest BCUT2D eigenvalue weighted by molar-refractivity contribution is 5.88. The maximum absolute atomic E-state index is 11.2. The Labute approximate surface area is 164 Å². The van der Waals surface area contributed by atoms with Gasteiger partial charge in [0.2, 0.25) is 6.29 Å². The molecule has 0 saturated heterocycles. The van der Waals surface area contributed by atoms with Gasteiger partial charge in [0.15, 0.2) is 0 Å². The summed E-state index contributed by atoms with van der Waals surface area (Å²) in [4.78, 5) is 22.3. The Morgan fingerprint density at radius 3 is 1.79 bits per heavy atom. The van der Waals surface area contributed by atoms with Crippen LogP contribution in [0, 0.1) is 0 Å². The average Bonchev–Trinajstić information content (AvgIpc) is 2.68. The molecule has 0 bridgehead atoms. The molecule has 0 spiro atoms. The molecule has 28 heavy (non-hydrogen) atoms. The number of ether oxygens (including phenoxy) is 2. The van der Waals surface area contributed by atoms with E-state index in [2.05, 4.69) is 6.92 Å². The second-order valence-corrected chi connectivity index (χ2v) is 6.53. The van der Waals surface area contributed by atoms with Gasteiger partial charge in [0.1, 0.15) is 11.5 Å². The van der Waals surface area contributed by atoms with Crippen LogP contribution in [0.15, 0.2) is 48.5 Å². The predicted molar refractivity (Wildman–Crippen MR) is 105 cm³/mol. The van der Waals surface area contributed by atoms with Crippen LogP contribution < -0.4 is 9.47 Å². The highest BCUT2D eigenvalue weighted by Gasteiger charge is 2.15. The summed E-state index contributed by atoms with van der Waals surface area (Å²) in [5.41, 5.74) is 0.263. The zero-order chi connectivity index (χ0) is 20.4. The van der Waals surface area contributed by atoms with E-state index >= 15 is 0 Å². The van der Waals surface area contributed by atoms with Crippen molar-refractivity contribution in [1.29, 1.82) is 0 Å². The third kappa shape index (κ3) is 6.95. The molecule has 0 saturated carbocycles. The fourth-order valence-electron chi connectivity index (χ4n) is 2.76. The van der Waals surface area contributed by atoms with Gasteiger partial charge in [-0.15, -0.1) is 0 Å². The summed E-state index contributed by atoms with van der Waals surface area (Å²) in [7, 11) is 0. The number of hydrogen-bond donors (Lipinski definition) is 2. The standard InChI is InChI=1S/C22H26O6/c1-2-3-4-5-6-13-20(27-18-11-7-9-16(14-18)21(23)24)28-19-12-8-10-17(15-19)22(25)26/h7-12,14-15,20H,2-6,13H2,1H3,(H,23,24)(H,25,26). The summed E-state index contributed by atoms with van der Waals surface area (Å²) in [5, 5.41) is 18.3. The molecule has 6 heteroatoms. The van der Waals surface area contributed by atoms with Gasteiger partial charge in [-0.1, -0.05) is 44.7 Å². The normalized spacial score (nSPS) is 10.6. The summed E-state index contributed by atoms with van der Waals surface area (Å²) in [6.45, 7) is 2.15. The largest absolute Gasteiger partial charge is 0.478 e. The van der Waals surface area contributed by atoms with Crippen LogP contribution in [0.5, 0.6) is 11.5 Å². The van der Waals surface area contributed by atoms with Gasteiger partial charge in [-0.05, 0) is 42.8 Å². The third-order valence-corrected chi connectivity index (χ3v) is 4.24. The molecule has 0 aliphatic heterocycles. The number of hydrogen-bond acceptors (Lipinski definition) is 4. The summed E-state index contributed by atoms with van der Waals surface area (Å²) in [6.07, 6.45) is 5.36. The van der Waals surface area contributed by atoms with Crippen LogP contribution in [0.1, 0.15) is 66.2 Å². The molecule has 6 nitrogen and oxygen atoms in total. The monoisotopic (exact) mass is 386 g/mol. The Morgan fingerprint density at radius 1 is 0.821 bits per heavy atom. The zero-order valence-electron chi connectivity index (χ0n) is 16.0. The predicted octanol–water partition coefficient (Wildman–Crippen LogP) is 5.23. The lowest BCUT2D eigenvalue weighted by atomic mass is 10.1. The maximum atomic E-state index is 11.2. The Balaban J connectivity index is 2.09. The molecular weight excluding hydrogens is 360 g/mol. The lowest BCUT2D eigenvalue weighted by molar-refractivity contribution is -0.00268. The molecule has 0 atom stereocenters. The highest BCUT2D eigenvalue weighted by atomic mass is 16.7. The van der Waals surface area contributed by atoms with Crippen molar-refractivity contribution in [2.24, 2.45) is 0 Å². The van der Waals surface area contributed by atoms with Crippen molar-refractivity contribution in [3.8, 4) is 11.5 Å². The summed E-state index contributed by atoms with van der Waals surface area (Å²) in [5.74, 6) is -1.27. The highest BCUT2D eigenvalue weighted by Crippen LogP contribution is 2.22. The van der Waals surface area contributed by atoms with Gasteiger partial charge in [0, 0.05) is 6.42 Å². The number of carboxylic acids is 2. The zero-order valence-corrected chi connectivity index (χ0v) is 16.0. The van der Waals surface area contributed by atoms with E-state index in [1.165, 1.54) is 30.7 Å². The van der Waals surface area contributed by atoms with Crippen LogP contribution in [0.25, 0.3) is 0 Å². The number of carboxylic acid groups (broad SMARTS) is 2. The van der Waals surface area contributed by atoms with Crippen molar-refractivity contribution in [3.63, 3.8) is 0 Å². The summed E-state index contributed by atoms with van der Waals surface area (Å²) >= 11 is 0. The van der Waals surface area contributed by atoms with E-state index in [1.54, 1.807) is 24.3 Å². The molecule has 0 aliphatic carbocycles. The molecule has 0 unspecified atom stereocenters. The molecule has 150 valence electrons. The smallest absolute Gasteiger partial charge is 0.335 e. The fraction of sp³-hybridized carbons (Fsp3) is 0.364. The van der Waals surface area contributed by atoms with E-state index in [1.807, 2.05) is 0 Å². The molecule has 0 aliphatic rings. The molecule has 0 heterocycles. The van der Waals surface area contributed by atoms with Crippen LogP contribution in [0.4, 0.5) is 0 Å². The summed E-state index contributed by atoms with van der Waals surface area (Å²) < 4.78 is 11.8. The Hall–Kier alpha value is -3.02. The van der Waals surface area contributed by atoms with E-state index < -0.39 is 18.2 Å². The second-order valence-electron chi connectivity index (χ2n) is 6.53. The van der Waals surface area contributed by atoms with Crippen LogP contribution in [0.3, 0.4) is 0 Å².